The smallest absolute Gasteiger partial charge is 0.419 e. The van der Waals surface area contributed by atoms with Crippen molar-refractivity contribution in [1.82, 2.24) is 4.90 Å². The standard InChI is InChI=1S/C11H18F3NO3/c1-7-5-15(8(16)18-9(2,3)4)6-10(7,17)11(12,13)14/h7,17H,5-6H2,1-4H3. The Hall–Kier alpha value is -0.980. The molecule has 1 rings (SSSR count). The lowest BCUT2D eigenvalue weighted by Crippen LogP contribution is -2.51. The molecular formula is C11H18F3NO3. The number of aliphatic hydroxyl groups is 1. The van der Waals surface area contributed by atoms with Crippen molar-refractivity contribution >= 4 is 6.09 Å². The van der Waals surface area contributed by atoms with E-state index in [4.69, 9.17) is 4.74 Å². The van der Waals surface area contributed by atoms with E-state index in [0.29, 0.717) is 0 Å². The van der Waals surface area contributed by atoms with E-state index in [1.165, 1.54) is 6.92 Å². The molecule has 106 valence electrons. The summed E-state index contributed by atoms with van der Waals surface area (Å²) in [4.78, 5) is 12.5. The zero-order chi connectivity index (χ0) is 14.4. The van der Waals surface area contributed by atoms with E-state index in [2.05, 4.69) is 0 Å². The maximum atomic E-state index is 12.7. The monoisotopic (exact) mass is 269 g/mol. The molecule has 1 saturated heterocycles. The highest BCUT2D eigenvalue weighted by Crippen LogP contribution is 2.41. The number of amides is 1. The van der Waals surface area contributed by atoms with E-state index >= 15 is 0 Å². The minimum absolute atomic E-state index is 0.176. The van der Waals surface area contributed by atoms with Crippen LogP contribution < -0.4 is 0 Å². The first-order chi connectivity index (χ1) is 7.87. The molecule has 18 heavy (non-hydrogen) atoms. The van der Waals surface area contributed by atoms with Gasteiger partial charge in [-0.2, -0.15) is 13.2 Å². The first-order valence-electron chi connectivity index (χ1n) is 5.64. The lowest BCUT2D eigenvalue weighted by Gasteiger charge is -2.29. The van der Waals surface area contributed by atoms with Crippen LogP contribution in [-0.4, -0.2) is 46.6 Å². The molecule has 2 atom stereocenters. The number of hydrogen-bond donors (Lipinski definition) is 1. The van der Waals surface area contributed by atoms with Crippen LogP contribution in [0.5, 0.6) is 0 Å². The Bertz CT molecular complexity index is 337. The summed E-state index contributed by atoms with van der Waals surface area (Å²) in [6.45, 7) is 5.18. The third kappa shape index (κ3) is 2.88. The molecule has 4 nitrogen and oxygen atoms in total. The Balaban J connectivity index is 2.79. The number of carbonyl (C=O) groups is 1. The van der Waals surface area contributed by atoms with Crippen molar-refractivity contribution in [3.05, 3.63) is 0 Å². The Morgan fingerprint density at radius 3 is 2.22 bits per heavy atom. The Morgan fingerprint density at radius 2 is 1.89 bits per heavy atom. The lowest BCUT2D eigenvalue weighted by molar-refractivity contribution is -0.265. The van der Waals surface area contributed by atoms with Gasteiger partial charge in [-0.05, 0) is 20.8 Å². The van der Waals surface area contributed by atoms with Crippen molar-refractivity contribution in [2.75, 3.05) is 13.1 Å². The summed E-state index contributed by atoms with van der Waals surface area (Å²) in [7, 11) is 0. The van der Waals surface area contributed by atoms with Crippen LogP contribution >= 0.6 is 0 Å². The molecule has 2 unspecified atom stereocenters. The Labute approximate surface area is 104 Å². The highest BCUT2D eigenvalue weighted by atomic mass is 19.4. The van der Waals surface area contributed by atoms with Gasteiger partial charge in [0.15, 0.2) is 5.60 Å². The van der Waals surface area contributed by atoms with Crippen LogP contribution in [0, 0.1) is 5.92 Å². The average molecular weight is 269 g/mol. The number of ether oxygens (including phenoxy) is 1. The number of halogens is 3. The van der Waals surface area contributed by atoms with Gasteiger partial charge in [-0.3, -0.25) is 0 Å². The molecule has 0 saturated carbocycles. The topological polar surface area (TPSA) is 49.8 Å². The minimum Gasteiger partial charge on any atom is -0.444 e. The van der Waals surface area contributed by atoms with Crippen LogP contribution in [0.2, 0.25) is 0 Å². The molecule has 0 bridgehead atoms. The van der Waals surface area contributed by atoms with Crippen LogP contribution in [0.3, 0.4) is 0 Å². The zero-order valence-corrected chi connectivity index (χ0v) is 10.8. The van der Waals surface area contributed by atoms with Crippen molar-refractivity contribution in [3.8, 4) is 0 Å². The number of hydrogen-bond acceptors (Lipinski definition) is 3. The molecule has 0 aromatic heterocycles. The average Bonchev–Trinajstić information content (AvgIpc) is 2.40. The van der Waals surface area contributed by atoms with Gasteiger partial charge in [0.2, 0.25) is 0 Å². The second kappa shape index (κ2) is 4.29. The molecule has 1 aliphatic heterocycles. The predicted octanol–water partition coefficient (Wildman–Crippen LogP) is 2.17. The van der Waals surface area contributed by atoms with E-state index in [-0.39, 0.29) is 6.54 Å². The molecule has 7 heteroatoms. The number of carbonyl (C=O) groups excluding carboxylic acids is 1. The maximum Gasteiger partial charge on any atom is 0.419 e. The van der Waals surface area contributed by atoms with Gasteiger partial charge in [-0.15, -0.1) is 0 Å². The SMILES string of the molecule is CC1CN(C(=O)OC(C)(C)C)CC1(O)C(F)(F)F. The van der Waals surface area contributed by atoms with E-state index in [1.54, 1.807) is 20.8 Å². The molecule has 0 aromatic carbocycles. The van der Waals surface area contributed by atoms with E-state index in [9.17, 15) is 23.1 Å². The van der Waals surface area contributed by atoms with Gasteiger partial charge in [-0.1, -0.05) is 6.92 Å². The van der Waals surface area contributed by atoms with Crippen LogP contribution in [0.1, 0.15) is 27.7 Å². The van der Waals surface area contributed by atoms with Gasteiger partial charge in [0, 0.05) is 12.5 Å². The molecule has 0 aliphatic carbocycles. The third-order valence-electron chi connectivity index (χ3n) is 2.88. The molecular weight excluding hydrogens is 251 g/mol. The molecule has 1 aliphatic rings. The largest absolute Gasteiger partial charge is 0.444 e. The van der Waals surface area contributed by atoms with Gasteiger partial charge in [0.05, 0.1) is 6.54 Å². The Morgan fingerprint density at radius 1 is 1.39 bits per heavy atom. The minimum atomic E-state index is -4.76. The van der Waals surface area contributed by atoms with Crippen molar-refractivity contribution < 1.29 is 27.8 Å². The van der Waals surface area contributed by atoms with Gasteiger partial charge in [0.25, 0.3) is 0 Å². The van der Waals surface area contributed by atoms with Gasteiger partial charge < -0.3 is 14.7 Å². The van der Waals surface area contributed by atoms with Crippen LogP contribution in [0.4, 0.5) is 18.0 Å². The normalized spacial score (nSPS) is 29.6. The first-order valence-corrected chi connectivity index (χ1v) is 5.64. The second-order valence-corrected chi connectivity index (χ2v) is 5.68. The number of alkyl halides is 3. The van der Waals surface area contributed by atoms with Crippen LogP contribution in [-0.2, 0) is 4.74 Å². The molecule has 0 aromatic rings. The van der Waals surface area contributed by atoms with Crippen LogP contribution in [0.25, 0.3) is 0 Å². The zero-order valence-electron chi connectivity index (χ0n) is 10.8. The lowest BCUT2D eigenvalue weighted by atomic mass is 9.92. The fourth-order valence-electron chi connectivity index (χ4n) is 1.83. The summed E-state index contributed by atoms with van der Waals surface area (Å²) in [5.74, 6) is -1.08. The second-order valence-electron chi connectivity index (χ2n) is 5.68. The van der Waals surface area contributed by atoms with E-state index in [0.717, 1.165) is 4.90 Å². The summed E-state index contributed by atoms with van der Waals surface area (Å²) in [5, 5.41) is 9.64. The third-order valence-corrected chi connectivity index (χ3v) is 2.88. The maximum absolute atomic E-state index is 12.7. The van der Waals surface area contributed by atoms with Crippen molar-refractivity contribution in [1.29, 1.82) is 0 Å². The van der Waals surface area contributed by atoms with Gasteiger partial charge in [-0.25, -0.2) is 4.79 Å². The molecule has 0 radical (unpaired) electrons. The quantitative estimate of drug-likeness (QED) is 0.733. The summed E-state index contributed by atoms with van der Waals surface area (Å²) in [5.41, 5.74) is -3.64. The predicted molar refractivity (Wildman–Crippen MR) is 58.0 cm³/mol. The molecule has 1 N–H and O–H groups in total. The van der Waals surface area contributed by atoms with Crippen LogP contribution in [0.15, 0.2) is 0 Å². The fraction of sp³-hybridized carbons (Fsp3) is 0.909. The van der Waals surface area contributed by atoms with Gasteiger partial charge in [0.1, 0.15) is 5.60 Å². The number of β-amino-alcohol motifs (C(OH)–C–C–N with tert-alkyl or cyclic N) is 1. The Kier molecular flexibility index (Phi) is 3.60. The molecule has 0 spiro atoms. The summed E-state index contributed by atoms with van der Waals surface area (Å²) < 4.78 is 43.2. The molecule has 1 heterocycles. The first kappa shape index (κ1) is 15.1. The molecule has 1 fully saturated rings. The summed E-state index contributed by atoms with van der Waals surface area (Å²) in [6.07, 6.45) is -5.60. The summed E-state index contributed by atoms with van der Waals surface area (Å²) in [6, 6.07) is 0. The number of nitrogens with zero attached hydrogens (tertiary/aromatic N) is 1. The van der Waals surface area contributed by atoms with E-state index in [1.807, 2.05) is 0 Å². The highest BCUT2D eigenvalue weighted by Gasteiger charge is 2.62. The fourth-order valence-corrected chi connectivity index (χ4v) is 1.83. The molecule has 1 amide bonds. The number of rotatable bonds is 0. The van der Waals surface area contributed by atoms with Crippen molar-refractivity contribution in [2.24, 2.45) is 5.92 Å². The van der Waals surface area contributed by atoms with E-state index < -0.39 is 35.9 Å². The number of likely N-dealkylation sites (tertiary alicyclic amines) is 1. The van der Waals surface area contributed by atoms with Crippen molar-refractivity contribution in [3.63, 3.8) is 0 Å². The summed E-state index contributed by atoms with van der Waals surface area (Å²) >= 11 is 0. The highest BCUT2D eigenvalue weighted by molar-refractivity contribution is 5.68. The van der Waals surface area contributed by atoms with Crippen molar-refractivity contribution in [2.45, 2.75) is 45.1 Å². The van der Waals surface area contributed by atoms with Gasteiger partial charge >= 0.3 is 12.3 Å².